The molecule has 4 heterocycles. The van der Waals surface area contributed by atoms with Gasteiger partial charge in [-0.2, -0.15) is 0 Å². The molecule has 1 aromatic rings. The molecule has 2 atom stereocenters. The molecule has 0 aromatic carbocycles. The summed E-state index contributed by atoms with van der Waals surface area (Å²) in [5.41, 5.74) is 0.788. The molecule has 0 spiro atoms. The fourth-order valence-electron chi connectivity index (χ4n) is 4.91. The van der Waals surface area contributed by atoms with Crippen LogP contribution in [0.25, 0.3) is 0 Å². The number of fused-ring (bicyclic) bond motifs is 1. The molecule has 0 radical (unpaired) electrons. The van der Waals surface area contributed by atoms with Crippen molar-refractivity contribution in [2.24, 2.45) is 11.3 Å². The highest BCUT2D eigenvalue weighted by molar-refractivity contribution is 5.95. The third-order valence-electron chi connectivity index (χ3n) is 6.48. The SMILES string of the molecule is COC[C@@]12COC[C@@H]1CN(C(=O)c1c(C)ccn(C3CCNCC3)c1=O)C2. The zero-order chi connectivity index (χ0) is 19.0. The van der Waals surface area contributed by atoms with Crippen LogP contribution >= 0.6 is 0 Å². The molecule has 3 aliphatic rings. The van der Waals surface area contributed by atoms with Gasteiger partial charge < -0.3 is 24.3 Å². The fraction of sp³-hybridized carbons (Fsp3) is 0.700. The molecule has 4 rings (SSSR count). The first-order valence-corrected chi connectivity index (χ1v) is 9.84. The van der Waals surface area contributed by atoms with Gasteiger partial charge in [-0.3, -0.25) is 9.59 Å². The van der Waals surface area contributed by atoms with Gasteiger partial charge in [-0.05, 0) is 44.5 Å². The van der Waals surface area contributed by atoms with Gasteiger partial charge in [0.1, 0.15) is 5.56 Å². The number of carbonyl (C=O) groups excluding carboxylic acids is 1. The molecule has 0 unspecified atom stereocenters. The van der Waals surface area contributed by atoms with Crippen LogP contribution in [0, 0.1) is 18.3 Å². The van der Waals surface area contributed by atoms with E-state index >= 15 is 0 Å². The van der Waals surface area contributed by atoms with Gasteiger partial charge >= 0.3 is 0 Å². The summed E-state index contributed by atoms with van der Waals surface area (Å²) in [7, 11) is 1.69. The van der Waals surface area contributed by atoms with E-state index < -0.39 is 0 Å². The summed E-state index contributed by atoms with van der Waals surface area (Å²) in [6.45, 7) is 6.72. The highest BCUT2D eigenvalue weighted by Crippen LogP contribution is 2.41. The molecular formula is C20H29N3O4. The number of nitrogens with one attached hydrogen (secondary N) is 1. The van der Waals surface area contributed by atoms with Crippen LogP contribution in [-0.4, -0.2) is 68.5 Å². The lowest BCUT2D eigenvalue weighted by molar-refractivity contribution is 0.0488. The van der Waals surface area contributed by atoms with Gasteiger partial charge in [0.2, 0.25) is 0 Å². The van der Waals surface area contributed by atoms with Gasteiger partial charge in [-0.15, -0.1) is 0 Å². The van der Waals surface area contributed by atoms with Crippen molar-refractivity contribution in [2.45, 2.75) is 25.8 Å². The molecule has 3 aliphatic heterocycles. The predicted molar refractivity (Wildman–Crippen MR) is 101 cm³/mol. The number of amides is 1. The third-order valence-corrected chi connectivity index (χ3v) is 6.48. The van der Waals surface area contributed by atoms with Crippen molar-refractivity contribution < 1.29 is 14.3 Å². The van der Waals surface area contributed by atoms with Crippen LogP contribution in [0.2, 0.25) is 0 Å². The maximum atomic E-state index is 13.3. The molecule has 1 N–H and O–H groups in total. The quantitative estimate of drug-likeness (QED) is 0.843. The van der Waals surface area contributed by atoms with E-state index in [-0.39, 0.29) is 28.8 Å². The number of rotatable bonds is 4. The van der Waals surface area contributed by atoms with Crippen LogP contribution < -0.4 is 10.9 Å². The Kier molecular flexibility index (Phi) is 5.09. The molecule has 0 saturated carbocycles. The summed E-state index contributed by atoms with van der Waals surface area (Å²) in [5, 5.41) is 3.32. The van der Waals surface area contributed by atoms with Gasteiger partial charge in [0.25, 0.3) is 11.5 Å². The van der Waals surface area contributed by atoms with Crippen LogP contribution in [0.1, 0.15) is 34.8 Å². The summed E-state index contributed by atoms with van der Waals surface area (Å²) in [5.74, 6) is 0.128. The number of ether oxygens (including phenoxy) is 2. The maximum absolute atomic E-state index is 13.3. The topological polar surface area (TPSA) is 72.8 Å². The third kappa shape index (κ3) is 3.22. The van der Waals surface area contributed by atoms with E-state index in [1.165, 1.54) is 0 Å². The second-order valence-corrected chi connectivity index (χ2v) is 8.26. The molecule has 1 aromatic heterocycles. The molecule has 3 saturated heterocycles. The molecule has 27 heavy (non-hydrogen) atoms. The van der Waals surface area contributed by atoms with Crippen LogP contribution in [0.15, 0.2) is 17.1 Å². The zero-order valence-corrected chi connectivity index (χ0v) is 16.2. The Bertz CT molecular complexity index is 771. The first kappa shape index (κ1) is 18.7. The minimum absolute atomic E-state index is 0.138. The van der Waals surface area contributed by atoms with E-state index in [2.05, 4.69) is 5.32 Å². The number of hydrogen-bond donors (Lipinski definition) is 1. The number of piperidine rings is 1. The van der Waals surface area contributed by atoms with Crippen LogP contribution in [0.5, 0.6) is 0 Å². The summed E-state index contributed by atoms with van der Waals surface area (Å²) in [6.07, 6.45) is 3.68. The molecule has 0 bridgehead atoms. The van der Waals surface area contributed by atoms with Crippen molar-refractivity contribution in [3.8, 4) is 0 Å². The van der Waals surface area contributed by atoms with Crippen LogP contribution in [0.3, 0.4) is 0 Å². The largest absolute Gasteiger partial charge is 0.384 e. The van der Waals surface area contributed by atoms with E-state index in [0.29, 0.717) is 38.5 Å². The first-order chi connectivity index (χ1) is 13.1. The van der Waals surface area contributed by atoms with Gasteiger partial charge in [0.15, 0.2) is 0 Å². The minimum atomic E-state index is -0.152. The smallest absolute Gasteiger partial charge is 0.263 e. The molecule has 148 valence electrons. The van der Waals surface area contributed by atoms with E-state index in [4.69, 9.17) is 9.47 Å². The first-order valence-electron chi connectivity index (χ1n) is 9.84. The number of aromatic nitrogens is 1. The highest BCUT2D eigenvalue weighted by Gasteiger charge is 2.52. The van der Waals surface area contributed by atoms with Crippen LogP contribution in [-0.2, 0) is 9.47 Å². The van der Waals surface area contributed by atoms with E-state index in [9.17, 15) is 9.59 Å². The molecular weight excluding hydrogens is 346 g/mol. The number of hydrogen-bond acceptors (Lipinski definition) is 5. The molecule has 0 aliphatic carbocycles. The van der Waals surface area contributed by atoms with Crippen molar-refractivity contribution in [2.75, 3.05) is 53.1 Å². The number of pyridine rings is 1. The van der Waals surface area contributed by atoms with Crippen molar-refractivity contribution in [1.29, 1.82) is 0 Å². The lowest BCUT2D eigenvalue weighted by atomic mass is 9.82. The molecule has 7 heteroatoms. The van der Waals surface area contributed by atoms with Gasteiger partial charge in [0.05, 0.1) is 19.8 Å². The van der Waals surface area contributed by atoms with Gasteiger partial charge in [0, 0.05) is 43.8 Å². The van der Waals surface area contributed by atoms with Crippen molar-refractivity contribution >= 4 is 5.91 Å². The van der Waals surface area contributed by atoms with Crippen molar-refractivity contribution in [1.82, 2.24) is 14.8 Å². The summed E-state index contributed by atoms with van der Waals surface area (Å²) in [6, 6.07) is 2.07. The molecule has 1 amide bonds. The number of aryl methyl sites for hydroxylation is 1. The van der Waals surface area contributed by atoms with Crippen LogP contribution in [0.4, 0.5) is 0 Å². The average molecular weight is 375 g/mol. The van der Waals surface area contributed by atoms with Crippen molar-refractivity contribution in [3.63, 3.8) is 0 Å². The van der Waals surface area contributed by atoms with E-state index in [1.807, 2.05) is 24.1 Å². The second-order valence-electron chi connectivity index (χ2n) is 8.26. The van der Waals surface area contributed by atoms with E-state index in [0.717, 1.165) is 31.5 Å². The minimum Gasteiger partial charge on any atom is -0.384 e. The Morgan fingerprint density at radius 1 is 1.41 bits per heavy atom. The second kappa shape index (κ2) is 7.37. The standard InChI is InChI=1S/C20H29N3O4/c1-14-5-8-23(16-3-6-21-7-4-16)19(25)17(14)18(24)22-9-15-10-27-13-20(15,11-22)12-26-2/h5,8,15-16,21H,3-4,6-7,9-13H2,1-2H3/t15-,20-/m0/s1. The Hall–Kier alpha value is -1.70. The highest BCUT2D eigenvalue weighted by atomic mass is 16.5. The van der Waals surface area contributed by atoms with Crippen molar-refractivity contribution in [3.05, 3.63) is 33.7 Å². The van der Waals surface area contributed by atoms with E-state index in [1.54, 1.807) is 11.7 Å². The Morgan fingerprint density at radius 2 is 2.19 bits per heavy atom. The zero-order valence-electron chi connectivity index (χ0n) is 16.2. The number of likely N-dealkylation sites (tertiary alicyclic amines) is 1. The fourth-order valence-corrected chi connectivity index (χ4v) is 4.91. The van der Waals surface area contributed by atoms with Gasteiger partial charge in [-0.1, -0.05) is 0 Å². The normalized spacial score (nSPS) is 28.5. The molecule has 7 nitrogen and oxygen atoms in total. The summed E-state index contributed by atoms with van der Waals surface area (Å²) < 4.78 is 12.8. The average Bonchev–Trinajstić information content (AvgIpc) is 3.20. The maximum Gasteiger partial charge on any atom is 0.263 e. The van der Waals surface area contributed by atoms with Gasteiger partial charge in [-0.25, -0.2) is 0 Å². The monoisotopic (exact) mass is 375 g/mol. The lowest BCUT2D eigenvalue weighted by Crippen LogP contribution is -2.41. The number of methoxy groups -OCH3 is 1. The summed E-state index contributed by atoms with van der Waals surface area (Å²) in [4.78, 5) is 28.3. The Morgan fingerprint density at radius 3 is 2.93 bits per heavy atom. The Balaban J connectivity index is 1.61. The Labute approximate surface area is 159 Å². The number of carbonyl (C=O) groups is 1. The summed E-state index contributed by atoms with van der Waals surface area (Å²) >= 11 is 0. The lowest BCUT2D eigenvalue weighted by Gasteiger charge is -2.27. The molecule has 3 fully saturated rings. The number of nitrogens with zero attached hydrogens (tertiary/aromatic N) is 2. The predicted octanol–water partition coefficient (Wildman–Crippen LogP) is 0.816.